The van der Waals surface area contributed by atoms with Gasteiger partial charge in [-0.3, -0.25) is 4.57 Å². The highest BCUT2D eigenvalue weighted by molar-refractivity contribution is 6.20. The van der Waals surface area contributed by atoms with Gasteiger partial charge in [0.25, 0.3) is 0 Å². The SMILES string of the molecule is C1=CC(n2c3cc4c(cc3c3cc5c(cc32)c2ccc3c(c2n5-c2nc(-c5ccccc5)c5ccccc5n2)C=C2CCC2C3)CC4)=CCC1. The Morgan fingerprint density at radius 3 is 2.22 bits per heavy atom. The molecule has 0 amide bonds. The van der Waals surface area contributed by atoms with Crippen LogP contribution in [0.3, 0.4) is 0 Å². The molecule has 50 heavy (non-hydrogen) atoms. The maximum atomic E-state index is 5.47. The van der Waals surface area contributed by atoms with Gasteiger partial charge in [-0.1, -0.05) is 84.5 Å². The third-order valence-corrected chi connectivity index (χ3v) is 12.1. The van der Waals surface area contributed by atoms with E-state index in [4.69, 9.17) is 9.97 Å². The first kappa shape index (κ1) is 27.1. The van der Waals surface area contributed by atoms with E-state index in [1.165, 1.54) is 90.8 Å². The van der Waals surface area contributed by atoms with Crippen molar-refractivity contribution >= 4 is 66.3 Å². The number of para-hydroxylation sites is 1. The smallest absolute Gasteiger partial charge is 0.235 e. The highest BCUT2D eigenvalue weighted by atomic mass is 15.2. The fourth-order valence-electron chi connectivity index (χ4n) is 9.33. The first-order chi connectivity index (χ1) is 24.8. The molecular weight excluding hydrogens is 609 g/mol. The van der Waals surface area contributed by atoms with E-state index in [1.54, 1.807) is 5.57 Å². The second-order valence-electron chi connectivity index (χ2n) is 14.8. The van der Waals surface area contributed by atoms with Crippen LogP contribution in [-0.2, 0) is 19.3 Å². The van der Waals surface area contributed by atoms with Gasteiger partial charge in [0.15, 0.2) is 0 Å². The fraction of sp³-hybridized carbons (Fsp3) is 0.174. The first-order valence-corrected chi connectivity index (χ1v) is 18.3. The third-order valence-electron chi connectivity index (χ3n) is 12.1. The Labute approximate surface area is 289 Å². The van der Waals surface area contributed by atoms with Gasteiger partial charge >= 0.3 is 0 Å². The van der Waals surface area contributed by atoms with Crippen LogP contribution in [0.4, 0.5) is 0 Å². The largest absolute Gasteiger partial charge is 0.310 e. The number of aryl methyl sites for hydroxylation is 2. The molecule has 0 radical (unpaired) electrons. The number of hydrogen-bond acceptors (Lipinski definition) is 2. The van der Waals surface area contributed by atoms with E-state index in [0.29, 0.717) is 5.92 Å². The van der Waals surface area contributed by atoms with Gasteiger partial charge in [0.2, 0.25) is 5.95 Å². The van der Waals surface area contributed by atoms with E-state index in [9.17, 15) is 0 Å². The molecule has 0 spiro atoms. The Morgan fingerprint density at radius 2 is 1.40 bits per heavy atom. The Kier molecular flexibility index (Phi) is 5.38. The molecule has 8 aromatic rings. The van der Waals surface area contributed by atoms with Crippen molar-refractivity contribution in [2.75, 3.05) is 0 Å². The molecular formula is C46H34N4. The summed E-state index contributed by atoms with van der Waals surface area (Å²) in [6.07, 6.45) is 17.7. The van der Waals surface area contributed by atoms with Gasteiger partial charge in [0, 0.05) is 43.8 Å². The fourth-order valence-corrected chi connectivity index (χ4v) is 9.33. The first-order valence-electron chi connectivity index (χ1n) is 18.3. The zero-order chi connectivity index (χ0) is 32.5. The van der Waals surface area contributed by atoms with Crippen molar-refractivity contribution in [2.24, 2.45) is 5.92 Å². The summed E-state index contributed by atoms with van der Waals surface area (Å²) in [5.74, 6) is 1.43. The van der Waals surface area contributed by atoms with Crippen LogP contribution in [0.2, 0.25) is 0 Å². The lowest BCUT2D eigenvalue weighted by Gasteiger charge is -2.34. The van der Waals surface area contributed by atoms with Gasteiger partial charge < -0.3 is 4.57 Å². The summed E-state index contributed by atoms with van der Waals surface area (Å²) >= 11 is 0. The number of hydrogen-bond donors (Lipinski definition) is 0. The normalized spacial score (nSPS) is 17.8. The number of fused-ring (bicyclic) bond motifs is 11. The number of rotatable bonds is 3. The topological polar surface area (TPSA) is 35.6 Å². The van der Waals surface area contributed by atoms with Crippen LogP contribution in [0.25, 0.3) is 83.5 Å². The van der Waals surface area contributed by atoms with Crippen molar-refractivity contribution in [1.82, 2.24) is 19.1 Å². The average Bonchev–Trinajstić information content (AvgIpc) is 3.63. The highest BCUT2D eigenvalue weighted by Gasteiger charge is 2.31. The third kappa shape index (κ3) is 3.66. The summed E-state index contributed by atoms with van der Waals surface area (Å²) in [6, 6.07) is 33.7. The molecule has 1 unspecified atom stereocenters. The van der Waals surface area contributed by atoms with Gasteiger partial charge in [-0.25, -0.2) is 9.97 Å². The Balaban J connectivity index is 1.25. The molecule has 0 aliphatic heterocycles. The predicted molar refractivity (Wildman–Crippen MR) is 207 cm³/mol. The standard InChI is InChI=1S/C46H34N4/c1-3-9-27(10-4-1)44-35-13-7-8-14-40(35)47-46(48-44)50-43-26-39-37-23-30-17-18-31(30)24-41(37)49(33-11-5-2-6-12-33)42(39)25-38(43)34-20-19-32-21-28-15-16-29(28)22-36(32)45(34)50/h1,3-5,7-14,19-20,22-26,28H,2,6,15-18,21H2. The van der Waals surface area contributed by atoms with Gasteiger partial charge in [0.05, 0.1) is 33.3 Å². The maximum absolute atomic E-state index is 5.47. The van der Waals surface area contributed by atoms with Crippen LogP contribution >= 0.6 is 0 Å². The molecule has 3 heterocycles. The molecule has 0 bridgehead atoms. The van der Waals surface area contributed by atoms with Crippen molar-refractivity contribution in [3.05, 3.63) is 137 Å². The van der Waals surface area contributed by atoms with Gasteiger partial charge in [-0.15, -0.1) is 0 Å². The molecule has 0 saturated heterocycles. The zero-order valence-electron chi connectivity index (χ0n) is 27.8. The molecule has 1 fully saturated rings. The van der Waals surface area contributed by atoms with E-state index >= 15 is 0 Å². The molecule has 4 aliphatic carbocycles. The van der Waals surface area contributed by atoms with Crippen LogP contribution in [0, 0.1) is 5.92 Å². The molecule has 3 aromatic heterocycles. The van der Waals surface area contributed by atoms with Crippen molar-refractivity contribution < 1.29 is 0 Å². The van der Waals surface area contributed by atoms with Crippen LogP contribution in [0.1, 0.15) is 47.9 Å². The van der Waals surface area contributed by atoms with Crippen molar-refractivity contribution in [1.29, 1.82) is 0 Å². The Hall–Kier alpha value is -5.74. The number of benzene rings is 5. The van der Waals surface area contributed by atoms with Crippen LogP contribution < -0.4 is 0 Å². The van der Waals surface area contributed by atoms with Crippen molar-refractivity contribution in [3.63, 3.8) is 0 Å². The van der Waals surface area contributed by atoms with Crippen LogP contribution in [0.15, 0.2) is 115 Å². The number of aromatic nitrogens is 4. The summed E-state index contributed by atoms with van der Waals surface area (Å²) in [5.41, 5.74) is 16.7. The summed E-state index contributed by atoms with van der Waals surface area (Å²) in [4.78, 5) is 10.8. The number of nitrogens with zero attached hydrogens (tertiary/aromatic N) is 4. The summed E-state index contributed by atoms with van der Waals surface area (Å²) in [7, 11) is 0. The second kappa shape index (κ2) is 9.92. The lowest BCUT2D eigenvalue weighted by atomic mass is 9.71. The second-order valence-corrected chi connectivity index (χ2v) is 14.8. The predicted octanol–water partition coefficient (Wildman–Crippen LogP) is 11.1. The molecule has 4 aliphatic rings. The summed E-state index contributed by atoms with van der Waals surface area (Å²) in [6.45, 7) is 0. The Morgan fingerprint density at radius 1 is 0.620 bits per heavy atom. The van der Waals surface area contributed by atoms with Gasteiger partial charge in [-0.05, 0) is 104 Å². The molecule has 5 aromatic carbocycles. The van der Waals surface area contributed by atoms with Crippen molar-refractivity contribution in [2.45, 2.75) is 44.9 Å². The Bertz CT molecular complexity index is 2890. The van der Waals surface area contributed by atoms with E-state index in [-0.39, 0.29) is 0 Å². The minimum absolute atomic E-state index is 0.697. The average molecular weight is 643 g/mol. The lowest BCUT2D eigenvalue weighted by Crippen LogP contribution is -2.22. The minimum Gasteiger partial charge on any atom is -0.310 e. The van der Waals surface area contributed by atoms with Crippen LogP contribution in [0.5, 0.6) is 0 Å². The van der Waals surface area contributed by atoms with E-state index in [0.717, 1.165) is 53.8 Å². The molecule has 1 atom stereocenters. The van der Waals surface area contributed by atoms with Crippen LogP contribution in [-0.4, -0.2) is 19.1 Å². The van der Waals surface area contributed by atoms with E-state index in [1.807, 2.05) is 0 Å². The molecule has 0 N–H and O–H groups in total. The molecule has 12 rings (SSSR count). The maximum Gasteiger partial charge on any atom is 0.235 e. The summed E-state index contributed by atoms with van der Waals surface area (Å²) < 4.78 is 4.93. The molecule has 1 saturated carbocycles. The quantitative estimate of drug-likeness (QED) is 0.192. The van der Waals surface area contributed by atoms with Gasteiger partial charge in [-0.2, -0.15) is 0 Å². The van der Waals surface area contributed by atoms with E-state index in [2.05, 4.69) is 124 Å². The molecule has 238 valence electrons. The van der Waals surface area contributed by atoms with Gasteiger partial charge in [0.1, 0.15) is 0 Å². The monoisotopic (exact) mass is 642 g/mol. The lowest BCUT2D eigenvalue weighted by molar-refractivity contribution is 0.440. The minimum atomic E-state index is 0.697. The molecule has 4 nitrogen and oxygen atoms in total. The number of allylic oxidation sites excluding steroid dienone is 5. The zero-order valence-corrected chi connectivity index (χ0v) is 27.8. The highest BCUT2D eigenvalue weighted by Crippen LogP contribution is 2.47. The summed E-state index contributed by atoms with van der Waals surface area (Å²) in [5, 5.41) is 6.22. The van der Waals surface area contributed by atoms with Crippen molar-refractivity contribution in [3.8, 4) is 17.2 Å². The van der Waals surface area contributed by atoms with E-state index < -0.39 is 0 Å². The molecule has 4 heteroatoms.